The number of esters is 1. The Morgan fingerprint density at radius 3 is 2.60 bits per heavy atom. The van der Waals surface area contributed by atoms with Gasteiger partial charge in [-0.05, 0) is 17.5 Å². The number of likely N-dealkylation sites (N-methyl/N-ethyl adjacent to an activating group) is 1. The van der Waals surface area contributed by atoms with Gasteiger partial charge in [0.05, 0.1) is 0 Å². The first-order valence-electron chi connectivity index (χ1n) is 9.10. The highest BCUT2D eigenvalue weighted by Gasteiger charge is 2.32. The van der Waals surface area contributed by atoms with Gasteiger partial charge >= 0.3 is 5.97 Å². The van der Waals surface area contributed by atoms with Crippen LogP contribution in [0.2, 0.25) is 0 Å². The molecule has 1 aromatic carbocycles. The topological polar surface area (TPSA) is 84.0 Å². The average Bonchev–Trinajstić information content (AvgIpc) is 3.25. The number of thiophene rings is 1. The second-order valence-corrected chi connectivity index (χ2v) is 10.6. The molecule has 0 radical (unpaired) electrons. The summed E-state index contributed by atoms with van der Waals surface area (Å²) < 4.78 is 45.9. The van der Waals surface area contributed by atoms with Crippen molar-refractivity contribution in [1.82, 2.24) is 9.21 Å². The van der Waals surface area contributed by atoms with E-state index in [0.29, 0.717) is 30.2 Å². The van der Waals surface area contributed by atoms with E-state index in [4.69, 9.17) is 4.74 Å². The van der Waals surface area contributed by atoms with Gasteiger partial charge in [-0.2, -0.15) is 16.1 Å². The highest BCUT2D eigenvalue weighted by molar-refractivity contribution is 7.99. The van der Waals surface area contributed by atoms with Crippen LogP contribution in [0.5, 0.6) is 0 Å². The van der Waals surface area contributed by atoms with Crippen LogP contribution in [0.3, 0.4) is 0 Å². The SMILES string of the molecule is CN(Cc1ccccc1F)C(=O)COC(=O)c1sccc1S(=O)(=O)N1CCSCC1. The lowest BCUT2D eigenvalue weighted by atomic mass is 10.2. The van der Waals surface area contributed by atoms with Crippen molar-refractivity contribution in [2.24, 2.45) is 0 Å². The van der Waals surface area contributed by atoms with Gasteiger partial charge < -0.3 is 9.64 Å². The van der Waals surface area contributed by atoms with E-state index in [1.165, 1.54) is 33.8 Å². The number of benzene rings is 1. The molecule has 2 heterocycles. The van der Waals surface area contributed by atoms with Crippen LogP contribution in [0.15, 0.2) is 40.6 Å². The monoisotopic (exact) mass is 472 g/mol. The molecule has 0 atom stereocenters. The van der Waals surface area contributed by atoms with Gasteiger partial charge in [0.25, 0.3) is 5.91 Å². The molecule has 1 fully saturated rings. The molecular weight excluding hydrogens is 451 g/mol. The molecule has 1 aliphatic heterocycles. The summed E-state index contributed by atoms with van der Waals surface area (Å²) in [5.41, 5.74) is 0.339. The lowest BCUT2D eigenvalue weighted by Crippen LogP contribution is -2.38. The number of carbonyl (C=O) groups excluding carboxylic acids is 2. The van der Waals surface area contributed by atoms with Crippen LogP contribution in [0.25, 0.3) is 0 Å². The standard InChI is InChI=1S/C19H21FN2O5S3/c1-21(12-14-4-2-3-5-15(14)20)17(23)13-27-19(24)18-16(6-9-29-18)30(25,26)22-7-10-28-11-8-22/h2-6,9H,7-8,10-13H2,1H3. The van der Waals surface area contributed by atoms with E-state index in [2.05, 4.69) is 0 Å². The zero-order valence-corrected chi connectivity index (χ0v) is 18.7. The Bertz CT molecular complexity index is 1020. The summed E-state index contributed by atoms with van der Waals surface area (Å²) >= 11 is 2.63. The van der Waals surface area contributed by atoms with E-state index in [1.807, 2.05) is 0 Å². The van der Waals surface area contributed by atoms with Gasteiger partial charge in [0, 0.05) is 43.8 Å². The van der Waals surface area contributed by atoms with Gasteiger partial charge in [-0.25, -0.2) is 17.6 Å². The van der Waals surface area contributed by atoms with Gasteiger partial charge in [-0.15, -0.1) is 11.3 Å². The predicted octanol–water partition coefficient (Wildman–Crippen LogP) is 2.44. The maximum Gasteiger partial charge on any atom is 0.350 e. The minimum absolute atomic E-state index is 0.0225. The number of rotatable bonds is 7. The first kappa shape index (κ1) is 22.7. The van der Waals surface area contributed by atoms with E-state index < -0.39 is 34.3 Å². The van der Waals surface area contributed by atoms with E-state index in [1.54, 1.807) is 30.0 Å². The number of nitrogens with zero attached hydrogens (tertiary/aromatic N) is 2. The third-order valence-corrected chi connectivity index (χ3v) is 8.43. The average molecular weight is 473 g/mol. The van der Waals surface area contributed by atoms with E-state index in [-0.39, 0.29) is 16.3 Å². The molecule has 30 heavy (non-hydrogen) atoms. The number of sulfonamides is 1. The Morgan fingerprint density at radius 2 is 1.90 bits per heavy atom. The molecule has 3 rings (SSSR count). The van der Waals surface area contributed by atoms with Crippen LogP contribution < -0.4 is 0 Å². The second-order valence-electron chi connectivity index (χ2n) is 6.55. The Morgan fingerprint density at radius 1 is 1.20 bits per heavy atom. The molecule has 2 aromatic rings. The molecule has 11 heteroatoms. The fraction of sp³-hybridized carbons (Fsp3) is 0.368. The van der Waals surface area contributed by atoms with E-state index >= 15 is 0 Å². The van der Waals surface area contributed by atoms with Gasteiger partial charge in [-0.3, -0.25) is 4.79 Å². The number of hydrogen-bond acceptors (Lipinski definition) is 7. The van der Waals surface area contributed by atoms with Crippen molar-refractivity contribution in [2.45, 2.75) is 11.4 Å². The predicted molar refractivity (Wildman–Crippen MR) is 114 cm³/mol. The lowest BCUT2D eigenvalue weighted by Gasteiger charge is -2.25. The van der Waals surface area contributed by atoms with E-state index in [0.717, 1.165) is 11.3 Å². The number of thioether (sulfide) groups is 1. The third-order valence-electron chi connectivity index (χ3n) is 4.52. The van der Waals surface area contributed by atoms with Gasteiger partial charge in [0.15, 0.2) is 6.61 Å². The quantitative estimate of drug-likeness (QED) is 0.576. The maximum absolute atomic E-state index is 13.7. The summed E-state index contributed by atoms with van der Waals surface area (Å²) in [6.07, 6.45) is 0. The Hall–Kier alpha value is -1.95. The maximum atomic E-state index is 13.7. The number of carbonyl (C=O) groups is 2. The van der Waals surface area contributed by atoms with Crippen LogP contribution in [-0.4, -0.2) is 67.7 Å². The van der Waals surface area contributed by atoms with Crippen LogP contribution in [-0.2, 0) is 26.1 Å². The normalized spacial score (nSPS) is 15.0. The number of halogens is 1. The molecule has 1 aliphatic rings. The summed E-state index contributed by atoms with van der Waals surface area (Å²) in [7, 11) is -2.33. The molecule has 162 valence electrons. The summed E-state index contributed by atoms with van der Waals surface area (Å²) in [5, 5.41) is 1.51. The Kier molecular flexibility index (Phi) is 7.50. The van der Waals surface area contributed by atoms with Crippen molar-refractivity contribution in [2.75, 3.05) is 38.2 Å². The minimum Gasteiger partial charge on any atom is -0.451 e. The fourth-order valence-corrected chi connectivity index (χ4v) is 6.71. The van der Waals surface area contributed by atoms with Crippen molar-refractivity contribution in [3.63, 3.8) is 0 Å². The third kappa shape index (κ3) is 5.20. The Balaban J connectivity index is 1.62. The molecule has 0 N–H and O–H groups in total. The largest absolute Gasteiger partial charge is 0.451 e. The summed E-state index contributed by atoms with van der Waals surface area (Å²) in [4.78, 5) is 25.8. The highest BCUT2D eigenvalue weighted by atomic mass is 32.2. The fourth-order valence-electron chi connectivity index (χ4n) is 2.85. The Labute approximate surface area is 182 Å². The van der Waals surface area contributed by atoms with Crippen LogP contribution >= 0.6 is 23.1 Å². The van der Waals surface area contributed by atoms with Crippen molar-refractivity contribution >= 4 is 45.0 Å². The molecule has 0 bridgehead atoms. The number of ether oxygens (including phenoxy) is 1. The lowest BCUT2D eigenvalue weighted by molar-refractivity contribution is -0.133. The van der Waals surface area contributed by atoms with Gasteiger partial charge in [-0.1, -0.05) is 18.2 Å². The molecule has 7 nitrogen and oxygen atoms in total. The van der Waals surface area contributed by atoms with Crippen molar-refractivity contribution in [3.8, 4) is 0 Å². The van der Waals surface area contributed by atoms with Crippen LogP contribution in [0.4, 0.5) is 4.39 Å². The second kappa shape index (κ2) is 9.90. The molecule has 1 aromatic heterocycles. The number of hydrogen-bond donors (Lipinski definition) is 0. The molecule has 0 unspecified atom stereocenters. The van der Waals surface area contributed by atoms with E-state index in [9.17, 15) is 22.4 Å². The van der Waals surface area contributed by atoms with Gasteiger partial charge in [0.1, 0.15) is 15.6 Å². The summed E-state index contributed by atoms with van der Waals surface area (Å²) in [6.45, 7) is 0.226. The molecule has 1 amide bonds. The number of amides is 1. The van der Waals surface area contributed by atoms with Crippen LogP contribution in [0, 0.1) is 5.82 Å². The molecule has 0 saturated carbocycles. The first-order valence-corrected chi connectivity index (χ1v) is 12.6. The summed E-state index contributed by atoms with van der Waals surface area (Å²) in [5.74, 6) is -0.431. The highest BCUT2D eigenvalue weighted by Crippen LogP contribution is 2.27. The van der Waals surface area contributed by atoms with Gasteiger partial charge in [0.2, 0.25) is 10.0 Å². The van der Waals surface area contributed by atoms with Crippen molar-refractivity contribution in [1.29, 1.82) is 0 Å². The molecule has 0 aliphatic carbocycles. The molecule has 1 saturated heterocycles. The zero-order chi connectivity index (χ0) is 21.7. The molecular formula is C19H21FN2O5S3. The smallest absolute Gasteiger partial charge is 0.350 e. The van der Waals surface area contributed by atoms with Crippen LogP contribution in [0.1, 0.15) is 15.2 Å². The zero-order valence-electron chi connectivity index (χ0n) is 16.2. The summed E-state index contributed by atoms with van der Waals surface area (Å²) in [6, 6.07) is 7.46. The molecule has 0 spiro atoms. The first-order chi connectivity index (χ1) is 14.3. The minimum atomic E-state index is -3.80. The van der Waals surface area contributed by atoms with Crippen molar-refractivity contribution in [3.05, 3.63) is 52.0 Å². The van der Waals surface area contributed by atoms with Crippen molar-refractivity contribution < 1.29 is 27.1 Å².